The van der Waals surface area contributed by atoms with E-state index >= 15 is 0 Å². The fourth-order valence-corrected chi connectivity index (χ4v) is 2.96. The van der Waals surface area contributed by atoms with Gasteiger partial charge in [-0.3, -0.25) is 4.57 Å². The quantitative estimate of drug-likeness (QED) is 0.538. The molecule has 4 aromatic rings. The predicted molar refractivity (Wildman–Crippen MR) is 101 cm³/mol. The number of nitrogens with zero attached hydrogens (tertiary/aromatic N) is 4. The van der Waals surface area contributed by atoms with E-state index in [1.165, 1.54) is 5.56 Å². The van der Waals surface area contributed by atoms with E-state index in [1.54, 1.807) is 6.07 Å². The molecule has 0 radical (unpaired) electrons. The lowest BCUT2D eigenvalue weighted by Crippen LogP contribution is -2.05. The first-order valence-corrected chi connectivity index (χ1v) is 8.31. The van der Waals surface area contributed by atoms with E-state index in [0.717, 1.165) is 22.5 Å². The third kappa shape index (κ3) is 3.06. The van der Waals surface area contributed by atoms with Gasteiger partial charge in [-0.15, -0.1) is 0 Å². The maximum atomic E-state index is 6.24. The summed E-state index contributed by atoms with van der Waals surface area (Å²) in [6.07, 6.45) is 0. The number of hydrogen-bond donors (Lipinski definition) is 1. The topological polar surface area (TPSA) is 55.6 Å². The predicted octanol–water partition coefficient (Wildman–Crippen LogP) is 4.83. The largest absolute Gasteiger partial charge is 0.324 e. The number of para-hydroxylation sites is 2. The number of nitrogens with one attached hydrogen (secondary N) is 1. The molecule has 0 aliphatic carbocycles. The van der Waals surface area contributed by atoms with Crippen LogP contribution < -0.4 is 5.32 Å². The molecule has 0 fully saturated rings. The van der Waals surface area contributed by atoms with E-state index in [4.69, 9.17) is 11.6 Å². The zero-order valence-corrected chi connectivity index (χ0v) is 14.6. The molecule has 0 aliphatic heterocycles. The van der Waals surface area contributed by atoms with Crippen LogP contribution in [-0.2, 0) is 0 Å². The fourth-order valence-electron chi connectivity index (χ4n) is 2.78. The van der Waals surface area contributed by atoms with E-state index in [9.17, 15) is 0 Å². The molecular weight excluding hydrogens is 334 g/mol. The molecule has 0 amide bonds. The monoisotopic (exact) mass is 349 g/mol. The van der Waals surface area contributed by atoms with Crippen LogP contribution in [0.2, 0.25) is 5.15 Å². The second kappa shape index (κ2) is 6.18. The van der Waals surface area contributed by atoms with Gasteiger partial charge in [-0.2, -0.15) is 4.98 Å². The van der Waals surface area contributed by atoms with Crippen molar-refractivity contribution in [3.05, 3.63) is 71.1 Å². The normalized spacial score (nSPS) is 11.0. The second-order valence-corrected chi connectivity index (χ2v) is 6.23. The molecule has 2 aromatic heterocycles. The van der Waals surface area contributed by atoms with Gasteiger partial charge in [0.25, 0.3) is 0 Å². The first kappa shape index (κ1) is 15.6. The molecule has 0 saturated carbocycles. The molecule has 0 spiro atoms. The maximum Gasteiger partial charge on any atom is 0.230 e. The molecule has 4 rings (SSSR count). The van der Waals surface area contributed by atoms with Crippen molar-refractivity contribution in [1.82, 2.24) is 19.5 Å². The Balaban J connectivity index is 1.79. The lowest BCUT2D eigenvalue weighted by atomic mass is 10.2. The smallest absolute Gasteiger partial charge is 0.230 e. The van der Waals surface area contributed by atoms with Crippen LogP contribution in [0.4, 0.5) is 11.6 Å². The Morgan fingerprint density at radius 3 is 2.48 bits per heavy atom. The second-order valence-electron chi connectivity index (χ2n) is 5.85. The highest BCUT2D eigenvalue weighted by molar-refractivity contribution is 6.29. The number of imidazole rings is 1. The molecule has 0 atom stereocenters. The summed E-state index contributed by atoms with van der Waals surface area (Å²) in [6, 6.07) is 17.7. The van der Waals surface area contributed by atoms with Crippen LogP contribution in [0.3, 0.4) is 0 Å². The van der Waals surface area contributed by atoms with Gasteiger partial charge in [0.05, 0.1) is 11.0 Å². The highest BCUT2D eigenvalue weighted by Crippen LogP contribution is 2.23. The van der Waals surface area contributed by atoms with Gasteiger partial charge in [-0.1, -0.05) is 41.4 Å². The number of benzene rings is 2. The van der Waals surface area contributed by atoms with Crippen molar-refractivity contribution < 1.29 is 0 Å². The standard InChI is InChI=1S/C19H16ClN5/c1-12-7-9-14(10-8-12)22-19-23-17(20)11-18(24-19)25-13(2)21-15-5-3-4-6-16(15)25/h3-11H,1-2H3,(H,22,23,24). The first-order valence-electron chi connectivity index (χ1n) is 7.93. The Hall–Kier alpha value is -2.92. The number of fused-ring (bicyclic) bond motifs is 1. The van der Waals surface area contributed by atoms with Gasteiger partial charge in [0, 0.05) is 11.8 Å². The van der Waals surface area contributed by atoms with Gasteiger partial charge in [-0.05, 0) is 38.1 Å². The minimum atomic E-state index is 0.372. The van der Waals surface area contributed by atoms with Crippen LogP contribution in [0, 0.1) is 13.8 Å². The van der Waals surface area contributed by atoms with Crippen LogP contribution in [0.15, 0.2) is 54.6 Å². The highest BCUT2D eigenvalue weighted by atomic mass is 35.5. The SMILES string of the molecule is Cc1ccc(Nc2nc(Cl)cc(-n3c(C)nc4ccccc43)n2)cc1. The summed E-state index contributed by atoms with van der Waals surface area (Å²) >= 11 is 6.24. The van der Waals surface area contributed by atoms with Crippen LogP contribution >= 0.6 is 11.6 Å². The average Bonchev–Trinajstić information content (AvgIpc) is 2.92. The molecule has 2 heterocycles. The molecule has 2 aromatic carbocycles. The van der Waals surface area contributed by atoms with E-state index in [1.807, 2.05) is 66.9 Å². The molecule has 0 saturated heterocycles. The van der Waals surface area contributed by atoms with Crippen molar-refractivity contribution in [3.63, 3.8) is 0 Å². The maximum absolute atomic E-state index is 6.24. The van der Waals surface area contributed by atoms with Crippen molar-refractivity contribution in [1.29, 1.82) is 0 Å². The zero-order chi connectivity index (χ0) is 17.4. The van der Waals surface area contributed by atoms with Crippen molar-refractivity contribution in [2.45, 2.75) is 13.8 Å². The van der Waals surface area contributed by atoms with Gasteiger partial charge in [-0.25, -0.2) is 9.97 Å². The Bertz CT molecular complexity index is 1050. The van der Waals surface area contributed by atoms with Crippen molar-refractivity contribution in [2.24, 2.45) is 0 Å². The molecule has 1 N–H and O–H groups in total. The Kier molecular flexibility index (Phi) is 3.86. The molecular formula is C19H16ClN5. The van der Waals surface area contributed by atoms with Gasteiger partial charge in [0.1, 0.15) is 16.8 Å². The van der Waals surface area contributed by atoms with Crippen LogP contribution in [0.5, 0.6) is 0 Å². The van der Waals surface area contributed by atoms with Gasteiger partial charge in [0.2, 0.25) is 5.95 Å². The first-order chi connectivity index (χ1) is 12.1. The summed E-state index contributed by atoms with van der Waals surface area (Å²) in [7, 11) is 0. The van der Waals surface area contributed by atoms with Crippen molar-refractivity contribution in [3.8, 4) is 5.82 Å². The number of rotatable bonds is 3. The summed E-state index contributed by atoms with van der Waals surface area (Å²) in [5.41, 5.74) is 4.00. The zero-order valence-electron chi connectivity index (χ0n) is 13.9. The summed E-state index contributed by atoms with van der Waals surface area (Å²) < 4.78 is 1.98. The van der Waals surface area contributed by atoms with E-state index in [-0.39, 0.29) is 0 Å². The van der Waals surface area contributed by atoms with E-state index in [0.29, 0.717) is 16.9 Å². The minimum absolute atomic E-state index is 0.372. The molecule has 0 bridgehead atoms. The van der Waals surface area contributed by atoms with Gasteiger partial charge < -0.3 is 5.32 Å². The molecule has 6 heteroatoms. The Morgan fingerprint density at radius 1 is 0.920 bits per heavy atom. The minimum Gasteiger partial charge on any atom is -0.324 e. The van der Waals surface area contributed by atoms with E-state index < -0.39 is 0 Å². The van der Waals surface area contributed by atoms with Crippen molar-refractivity contribution in [2.75, 3.05) is 5.32 Å². The summed E-state index contributed by atoms with van der Waals surface area (Å²) in [5.74, 6) is 1.97. The summed E-state index contributed by atoms with van der Waals surface area (Å²) in [4.78, 5) is 13.5. The van der Waals surface area contributed by atoms with Crippen LogP contribution in [0.25, 0.3) is 16.9 Å². The Morgan fingerprint density at radius 2 is 1.68 bits per heavy atom. The molecule has 25 heavy (non-hydrogen) atoms. The number of aryl methyl sites for hydroxylation is 2. The highest BCUT2D eigenvalue weighted by Gasteiger charge is 2.12. The average molecular weight is 350 g/mol. The summed E-state index contributed by atoms with van der Waals surface area (Å²) in [5, 5.41) is 3.57. The molecule has 0 unspecified atom stereocenters. The lowest BCUT2D eigenvalue weighted by Gasteiger charge is -2.10. The lowest BCUT2D eigenvalue weighted by molar-refractivity contribution is 0.945. The van der Waals surface area contributed by atoms with Gasteiger partial charge in [0.15, 0.2) is 0 Å². The molecule has 5 nitrogen and oxygen atoms in total. The van der Waals surface area contributed by atoms with Crippen LogP contribution in [-0.4, -0.2) is 19.5 Å². The third-order valence-corrected chi connectivity index (χ3v) is 4.14. The molecule has 0 aliphatic rings. The number of hydrogen-bond acceptors (Lipinski definition) is 4. The van der Waals surface area contributed by atoms with Crippen molar-refractivity contribution >= 4 is 34.3 Å². The number of halogens is 1. The number of aromatic nitrogens is 4. The molecule has 124 valence electrons. The van der Waals surface area contributed by atoms with E-state index in [2.05, 4.69) is 20.3 Å². The number of anilines is 2. The van der Waals surface area contributed by atoms with Gasteiger partial charge >= 0.3 is 0 Å². The third-order valence-electron chi connectivity index (χ3n) is 3.95. The van der Waals surface area contributed by atoms with Crippen LogP contribution in [0.1, 0.15) is 11.4 Å². The fraction of sp³-hybridized carbons (Fsp3) is 0.105. The summed E-state index contributed by atoms with van der Waals surface area (Å²) in [6.45, 7) is 3.99. The Labute approximate surface area is 150 Å².